The smallest absolute Gasteiger partial charge is 0.231 e. The minimum Gasteiger partial charge on any atom is -0.339 e. The quantitative estimate of drug-likeness (QED) is 0.901. The summed E-state index contributed by atoms with van der Waals surface area (Å²) in [4.78, 5) is 9.63. The second kappa shape index (κ2) is 4.78. The van der Waals surface area contributed by atoms with E-state index in [0.717, 1.165) is 22.7 Å². The Hall–Kier alpha value is -1.27. The molecule has 2 atom stereocenters. The zero-order valence-corrected chi connectivity index (χ0v) is 11.1. The Kier molecular flexibility index (Phi) is 3.13. The van der Waals surface area contributed by atoms with E-state index in [2.05, 4.69) is 15.1 Å². The van der Waals surface area contributed by atoms with E-state index in [1.807, 2.05) is 6.92 Å². The molecule has 0 aliphatic heterocycles. The van der Waals surface area contributed by atoms with Crippen molar-refractivity contribution in [2.24, 2.45) is 5.73 Å². The van der Waals surface area contributed by atoms with E-state index in [-0.39, 0.29) is 12.0 Å². The SMILES string of the molecule is Cc1ncc(-c2noc(C3CCCCC3N)n2)s1. The molecule has 0 radical (unpaired) electrons. The van der Waals surface area contributed by atoms with Gasteiger partial charge in [0.2, 0.25) is 11.7 Å². The molecule has 1 saturated carbocycles. The molecule has 6 heteroatoms. The van der Waals surface area contributed by atoms with Gasteiger partial charge in [-0.15, -0.1) is 11.3 Å². The van der Waals surface area contributed by atoms with E-state index in [9.17, 15) is 0 Å². The van der Waals surface area contributed by atoms with Gasteiger partial charge in [0.15, 0.2) is 0 Å². The first-order chi connectivity index (χ1) is 8.74. The monoisotopic (exact) mass is 264 g/mol. The third-order valence-electron chi connectivity index (χ3n) is 3.42. The molecule has 0 saturated heterocycles. The van der Waals surface area contributed by atoms with E-state index in [1.54, 1.807) is 17.5 Å². The minimum atomic E-state index is 0.148. The zero-order chi connectivity index (χ0) is 12.5. The average molecular weight is 264 g/mol. The molecule has 3 rings (SSSR count). The molecule has 2 heterocycles. The Labute approximate surface area is 109 Å². The molecule has 1 aliphatic carbocycles. The summed E-state index contributed by atoms with van der Waals surface area (Å²) in [5, 5.41) is 5.04. The fourth-order valence-corrected chi connectivity index (χ4v) is 3.12. The van der Waals surface area contributed by atoms with E-state index in [0.29, 0.717) is 11.7 Å². The Morgan fingerprint density at radius 1 is 1.39 bits per heavy atom. The maximum atomic E-state index is 6.13. The number of nitrogens with zero attached hydrogens (tertiary/aromatic N) is 3. The number of nitrogens with two attached hydrogens (primary N) is 1. The lowest BCUT2D eigenvalue weighted by Crippen LogP contribution is -2.31. The predicted octanol–water partition coefficient (Wildman–Crippen LogP) is 2.49. The first kappa shape index (κ1) is 11.8. The Bertz CT molecular complexity index is 536. The van der Waals surface area contributed by atoms with Crippen molar-refractivity contribution in [1.82, 2.24) is 15.1 Å². The van der Waals surface area contributed by atoms with Crippen LogP contribution >= 0.6 is 11.3 Å². The summed E-state index contributed by atoms with van der Waals surface area (Å²) in [5.41, 5.74) is 6.13. The summed E-state index contributed by atoms with van der Waals surface area (Å²) in [6.45, 7) is 1.96. The molecule has 0 amide bonds. The molecule has 0 aromatic carbocycles. The van der Waals surface area contributed by atoms with Crippen molar-refractivity contribution in [3.05, 3.63) is 17.1 Å². The van der Waals surface area contributed by atoms with E-state index >= 15 is 0 Å². The van der Waals surface area contributed by atoms with Crippen LogP contribution in [0.1, 0.15) is 42.5 Å². The van der Waals surface area contributed by atoms with Gasteiger partial charge < -0.3 is 10.3 Å². The molecule has 0 spiro atoms. The van der Waals surface area contributed by atoms with E-state index in [1.165, 1.54) is 12.8 Å². The molecular weight excluding hydrogens is 248 g/mol. The normalized spacial score (nSPS) is 24.3. The van der Waals surface area contributed by atoms with Gasteiger partial charge in [-0.3, -0.25) is 0 Å². The van der Waals surface area contributed by atoms with Crippen LogP contribution in [0, 0.1) is 6.92 Å². The maximum absolute atomic E-state index is 6.13. The fourth-order valence-electron chi connectivity index (χ4n) is 2.42. The first-order valence-electron chi connectivity index (χ1n) is 6.26. The van der Waals surface area contributed by atoms with Crippen molar-refractivity contribution in [2.45, 2.75) is 44.6 Å². The Balaban J connectivity index is 1.84. The molecule has 2 aromatic heterocycles. The lowest BCUT2D eigenvalue weighted by atomic mass is 9.85. The molecular formula is C12H16N4OS. The molecule has 5 nitrogen and oxygen atoms in total. The molecule has 1 aliphatic rings. The lowest BCUT2D eigenvalue weighted by Gasteiger charge is -2.25. The maximum Gasteiger partial charge on any atom is 0.231 e. The van der Waals surface area contributed by atoms with Crippen molar-refractivity contribution >= 4 is 11.3 Å². The largest absolute Gasteiger partial charge is 0.339 e. The number of thiazole rings is 1. The van der Waals surface area contributed by atoms with Gasteiger partial charge in [0.25, 0.3) is 0 Å². The van der Waals surface area contributed by atoms with Gasteiger partial charge in [0, 0.05) is 12.2 Å². The van der Waals surface area contributed by atoms with Crippen LogP contribution in [0.2, 0.25) is 0 Å². The average Bonchev–Trinajstić information content (AvgIpc) is 2.98. The molecule has 0 bridgehead atoms. The van der Waals surface area contributed by atoms with Crippen LogP contribution < -0.4 is 5.73 Å². The van der Waals surface area contributed by atoms with Crippen LogP contribution in [-0.2, 0) is 0 Å². The summed E-state index contributed by atoms with van der Waals surface area (Å²) in [7, 11) is 0. The van der Waals surface area contributed by atoms with Crippen LogP contribution in [-0.4, -0.2) is 21.2 Å². The highest BCUT2D eigenvalue weighted by Crippen LogP contribution is 2.32. The molecule has 18 heavy (non-hydrogen) atoms. The van der Waals surface area contributed by atoms with Crippen LogP contribution in [0.15, 0.2) is 10.7 Å². The third-order valence-corrected chi connectivity index (χ3v) is 4.33. The van der Waals surface area contributed by atoms with E-state index < -0.39 is 0 Å². The summed E-state index contributed by atoms with van der Waals surface area (Å²) in [6, 6.07) is 0.148. The van der Waals surface area contributed by atoms with Crippen molar-refractivity contribution in [1.29, 1.82) is 0 Å². The Morgan fingerprint density at radius 2 is 2.22 bits per heavy atom. The zero-order valence-electron chi connectivity index (χ0n) is 10.3. The first-order valence-corrected chi connectivity index (χ1v) is 7.07. The summed E-state index contributed by atoms with van der Waals surface area (Å²) >= 11 is 1.57. The predicted molar refractivity (Wildman–Crippen MR) is 69.3 cm³/mol. The Morgan fingerprint density at radius 3 is 2.94 bits per heavy atom. The second-order valence-electron chi connectivity index (χ2n) is 4.75. The standard InChI is InChI=1S/C12H16N4OS/c1-7-14-6-10(18-7)11-15-12(17-16-11)8-4-2-3-5-9(8)13/h6,8-9H,2-5,13H2,1H3. The van der Waals surface area contributed by atoms with Crippen molar-refractivity contribution in [2.75, 3.05) is 0 Å². The number of aromatic nitrogens is 3. The van der Waals surface area contributed by atoms with Crippen LogP contribution in [0.5, 0.6) is 0 Å². The highest BCUT2D eigenvalue weighted by molar-refractivity contribution is 7.14. The van der Waals surface area contributed by atoms with Gasteiger partial charge in [0.05, 0.1) is 15.8 Å². The highest BCUT2D eigenvalue weighted by atomic mass is 32.1. The second-order valence-corrected chi connectivity index (χ2v) is 5.99. The van der Waals surface area contributed by atoms with Gasteiger partial charge in [0.1, 0.15) is 0 Å². The highest BCUT2D eigenvalue weighted by Gasteiger charge is 2.28. The third kappa shape index (κ3) is 2.18. The number of hydrogen-bond donors (Lipinski definition) is 1. The summed E-state index contributed by atoms with van der Waals surface area (Å²) < 4.78 is 5.38. The number of aryl methyl sites for hydroxylation is 1. The van der Waals surface area contributed by atoms with Gasteiger partial charge in [-0.1, -0.05) is 18.0 Å². The number of hydrogen-bond acceptors (Lipinski definition) is 6. The molecule has 1 fully saturated rings. The van der Waals surface area contributed by atoms with E-state index in [4.69, 9.17) is 10.3 Å². The topological polar surface area (TPSA) is 77.8 Å². The lowest BCUT2D eigenvalue weighted by molar-refractivity contribution is 0.290. The fraction of sp³-hybridized carbons (Fsp3) is 0.583. The summed E-state index contributed by atoms with van der Waals surface area (Å²) in [5.74, 6) is 1.53. The number of rotatable bonds is 2. The van der Waals surface area contributed by atoms with Gasteiger partial charge in [-0.05, 0) is 19.8 Å². The minimum absolute atomic E-state index is 0.148. The van der Waals surface area contributed by atoms with Crippen LogP contribution in [0.25, 0.3) is 10.7 Å². The van der Waals surface area contributed by atoms with Gasteiger partial charge in [-0.25, -0.2) is 4.98 Å². The van der Waals surface area contributed by atoms with Crippen LogP contribution in [0.3, 0.4) is 0 Å². The van der Waals surface area contributed by atoms with Crippen molar-refractivity contribution in [3.8, 4) is 10.7 Å². The summed E-state index contributed by atoms with van der Waals surface area (Å²) in [6.07, 6.45) is 6.27. The molecule has 2 aromatic rings. The van der Waals surface area contributed by atoms with Gasteiger partial charge >= 0.3 is 0 Å². The van der Waals surface area contributed by atoms with Crippen molar-refractivity contribution < 1.29 is 4.52 Å². The van der Waals surface area contributed by atoms with Gasteiger partial charge in [-0.2, -0.15) is 4.98 Å². The van der Waals surface area contributed by atoms with Crippen LogP contribution in [0.4, 0.5) is 0 Å². The molecule has 2 N–H and O–H groups in total. The van der Waals surface area contributed by atoms with Crippen molar-refractivity contribution in [3.63, 3.8) is 0 Å². The molecule has 2 unspecified atom stereocenters. The molecule has 96 valence electrons.